The number of hydrogen-bond acceptors (Lipinski definition) is 3. The summed E-state index contributed by atoms with van der Waals surface area (Å²) in [4.78, 5) is 23.3. The molecular formula is C19H20ClNO3. The van der Waals surface area contributed by atoms with E-state index in [9.17, 15) is 9.59 Å². The molecule has 0 bridgehead atoms. The Bertz CT molecular complexity index is 656. The van der Waals surface area contributed by atoms with Crippen LogP contribution in [0.5, 0.6) is 0 Å². The third kappa shape index (κ3) is 6.84. The molecule has 0 aliphatic carbocycles. The van der Waals surface area contributed by atoms with Crippen molar-refractivity contribution in [3.8, 4) is 0 Å². The Labute approximate surface area is 146 Å². The van der Waals surface area contributed by atoms with E-state index in [4.69, 9.17) is 16.3 Å². The second-order valence-corrected chi connectivity index (χ2v) is 5.84. The minimum absolute atomic E-state index is 0.123. The number of amides is 1. The molecule has 0 heterocycles. The van der Waals surface area contributed by atoms with Gasteiger partial charge in [0.1, 0.15) is 0 Å². The Morgan fingerprint density at radius 2 is 1.67 bits per heavy atom. The highest BCUT2D eigenvalue weighted by molar-refractivity contribution is 6.30. The smallest absolute Gasteiger partial charge is 0.310 e. The van der Waals surface area contributed by atoms with E-state index in [1.165, 1.54) is 5.56 Å². The molecule has 0 unspecified atom stereocenters. The number of aryl methyl sites for hydroxylation is 1. The monoisotopic (exact) mass is 345 g/mol. The fourth-order valence-electron chi connectivity index (χ4n) is 2.18. The summed E-state index contributed by atoms with van der Waals surface area (Å²) in [6.07, 6.45) is 1.87. The number of carbonyl (C=O) groups is 2. The van der Waals surface area contributed by atoms with Crippen molar-refractivity contribution in [3.05, 3.63) is 70.7 Å². The van der Waals surface area contributed by atoms with E-state index in [2.05, 4.69) is 17.4 Å². The van der Waals surface area contributed by atoms with E-state index in [1.807, 2.05) is 18.2 Å². The number of hydrogen-bond donors (Lipinski definition) is 1. The summed E-state index contributed by atoms with van der Waals surface area (Å²) in [7, 11) is 0. The van der Waals surface area contributed by atoms with Crippen LogP contribution in [0, 0.1) is 0 Å². The lowest BCUT2D eigenvalue weighted by Gasteiger charge is -2.07. The maximum Gasteiger partial charge on any atom is 0.310 e. The number of carbonyl (C=O) groups excluding carboxylic acids is 2. The van der Waals surface area contributed by atoms with Crippen LogP contribution in [0.3, 0.4) is 0 Å². The first-order valence-corrected chi connectivity index (χ1v) is 8.22. The number of esters is 1. The molecule has 2 rings (SSSR count). The van der Waals surface area contributed by atoms with Crippen LogP contribution in [0.1, 0.15) is 17.5 Å². The summed E-state index contributed by atoms with van der Waals surface area (Å²) in [6.45, 7) is 0.306. The van der Waals surface area contributed by atoms with E-state index in [-0.39, 0.29) is 18.9 Å². The summed E-state index contributed by atoms with van der Waals surface area (Å²) in [5.41, 5.74) is 2.04. The molecule has 0 aromatic heterocycles. The van der Waals surface area contributed by atoms with Gasteiger partial charge in [0.25, 0.3) is 5.91 Å². The van der Waals surface area contributed by atoms with Crippen molar-refractivity contribution in [1.29, 1.82) is 0 Å². The zero-order valence-corrected chi connectivity index (χ0v) is 14.1. The molecule has 0 fully saturated rings. The Balaban J connectivity index is 1.58. The highest BCUT2D eigenvalue weighted by Gasteiger charge is 2.08. The van der Waals surface area contributed by atoms with Crippen molar-refractivity contribution < 1.29 is 14.3 Å². The van der Waals surface area contributed by atoms with Crippen LogP contribution in [0.4, 0.5) is 0 Å². The summed E-state index contributed by atoms with van der Waals surface area (Å²) < 4.78 is 4.97. The number of nitrogens with one attached hydrogen (secondary N) is 1. The average molecular weight is 346 g/mol. The Kier molecular flexibility index (Phi) is 7.30. The molecule has 24 heavy (non-hydrogen) atoms. The van der Waals surface area contributed by atoms with Gasteiger partial charge in [-0.3, -0.25) is 9.59 Å². The maximum absolute atomic E-state index is 11.7. The van der Waals surface area contributed by atoms with Gasteiger partial charge in [0.2, 0.25) is 0 Å². The molecule has 0 saturated heterocycles. The Hall–Kier alpha value is -2.33. The molecule has 2 aromatic carbocycles. The second-order valence-electron chi connectivity index (χ2n) is 5.40. The van der Waals surface area contributed by atoms with Crippen LogP contribution in [0.25, 0.3) is 0 Å². The van der Waals surface area contributed by atoms with Crippen molar-refractivity contribution >= 4 is 23.5 Å². The minimum Gasteiger partial charge on any atom is -0.455 e. The van der Waals surface area contributed by atoms with Crippen LogP contribution in [-0.4, -0.2) is 25.0 Å². The quantitative estimate of drug-likeness (QED) is 0.590. The molecular weight excluding hydrogens is 326 g/mol. The Morgan fingerprint density at radius 1 is 0.958 bits per heavy atom. The molecule has 0 aliphatic rings. The van der Waals surface area contributed by atoms with Crippen molar-refractivity contribution in [2.75, 3.05) is 13.2 Å². The standard InChI is InChI=1S/C19H20ClNO3/c20-17-10-8-16(9-11-17)13-19(23)24-14-18(22)21-12-4-7-15-5-2-1-3-6-15/h1-3,5-6,8-11H,4,7,12-14H2,(H,21,22). The first-order chi connectivity index (χ1) is 11.6. The molecule has 1 amide bonds. The molecule has 0 spiro atoms. The number of rotatable bonds is 8. The first kappa shape index (κ1) is 18.0. The van der Waals surface area contributed by atoms with Crippen LogP contribution in [0.15, 0.2) is 54.6 Å². The lowest BCUT2D eigenvalue weighted by molar-refractivity contribution is -0.147. The summed E-state index contributed by atoms with van der Waals surface area (Å²) >= 11 is 5.78. The number of halogens is 1. The van der Waals surface area contributed by atoms with Gasteiger partial charge in [-0.15, -0.1) is 0 Å². The molecule has 1 N–H and O–H groups in total. The zero-order chi connectivity index (χ0) is 17.2. The predicted molar refractivity (Wildman–Crippen MR) is 93.9 cm³/mol. The predicted octanol–water partition coefficient (Wildman–Crippen LogP) is 3.17. The van der Waals surface area contributed by atoms with Crippen LogP contribution < -0.4 is 5.32 Å². The van der Waals surface area contributed by atoms with E-state index >= 15 is 0 Å². The molecule has 126 valence electrons. The van der Waals surface area contributed by atoms with E-state index < -0.39 is 5.97 Å². The van der Waals surface area contributed by atoms with Gasteiger partial charge in [0.15, 0.2) is 6.61 Å². The number of benzene rings is 2. The lowest BCUT2D eigenvalue weighted by atomic mass is 10.1. The highest BCUT2D eigenvalue weighted by Crippen LogP contribution is 2.10. The van der Waals surface area contributed by atoms with Crippen LogP contribution in [-0.2, 0) is 27.2 Å². The number of ether oxygens (including phenoxy) is 1. The van der Waals surface area contributed by atoms with Crippen molar-refractivity contribution in [2.45, 2.75) is 19.3 Å². The fourth-order valence-corrected chi connectivity index (χ4v) is 2.31. The third-order valence-corrected chi connectivity index (χ3v) is 3.69. The molecule has 0 saturated carbocycles. The van der Waals surface area contributed by atoms with Crippen molar-refractivity contribution in [3.63, 3.8) is 0 Å². The zero-order valence-electron chi connectivity index (χ0n) is 13.3. The van der Waals surface area contributed by atoms with Crippen LogP contribution >= 0.6 is 11.6 Å². The molecule has 0 aliphatic heterocycles. The summed E-state index contributed by atoms with van der Waals surface area (Å²) in [5.74, 6) is -0.718. The molecule has 0 atom stereocenters. The maximum atomic E-state index is 11.7. The molecule has 4 nitrogen and oxygen atoms in total. The van der Waals surface area contributed by atoms with Gasteiger partial charge < -0.3 is 10.1 Å². The molecule has 5 heteroatoms. The largest absolute Gasteiger partial charge is 0.455 e. The van der Waals surface area contributed by atoms with Crippen molar-refractivity contribution in [2.24, 2.45) is 0 Å². The minimum atomic E-state index is -0.434. The van der Waals surface area contributed by atoms with E-state index in [0.717, 1.165) is 18.4 Å². The lowest BCUT2D eigenvalue weighted by Crippen LogP contribution is -2.30. The topological polar surface area (TPSA) is 55.4 Å². The molecule has 2 aromatic rings. The van der Waals surface area contributed by atoms with Crippen molar-refractivity contribution in [1.82, 2.24) is 5.32 Å². The molecule has 0 radical (unpaired) electrons. The normalized spacial score (nSPS) is 10.2. The van der Waals surface area contributed by atoms with Gasteiger partial charge in [-0.2, -0.15) is 0 Å². The second kappa shape index (κ2) is 9.73. The highest BCUT2D eigenvalue weighted by atomic mass is 35.5. The average Bonchev–Trinajstić information content (AvgIpc) is 2.60. The summed E-state index contributed by atoms with van der Waals surface area (Å²) in [6, 6.07) is 17.0. The van der Waals surface area contributed by atoms with Gasteiger partial charge in [-0.25, -0.2) is 0 Å². The van der Waals surface area contributed by atoms with Gasteiger partial charge in [-0.05, 0) is 36.1 Å². The van der Waals surface area contributed by atoms with Gasteiger partial charge >= 0.3 is 5.97 Å². The Morgan fingerprint density at radius 3 is 2.38 bits per heavy atom. The van der Waals surface area contributed by atoms with E-state index in [0.29, 0.717) is 11.6 Å². The van der Waals surface area contributed by atoms with E-state index in [1.54, 1.807) is 24.3 Å². The summed E-state index contributed by atoms with van der Waals surface area (Å²) in [5, 5.41) is 3.36. The van der Waals surface area contributed by atoms with Gasteiger partial charge in [0, 0.05) is 11.6 Å². The SMILES string of the molecule is O=C(COC(=O)Cc1ccc(Cl)cc1)NCCCc1ccccc1. The van der Waals surface area contributed by atoms with Gasteiger partial charge in [-0.1, -0.05) is 54.1 Å². The fraction of sp³-hybridized carbons (Fsp3) is 0.263. The van der Waals surface area contributed by atoms with Gasteiger partial charge in [0.05, 0.1) is 6.42 Å². The van der Waals surface area contributed by atoms with Crippen LogP contribution in [0.2, 0.25) is 5.02 Å². The third-order valence-electron chi connectivity index (χ3n) is 3.43. The first-order valence-electron chi connectivity index (χ1n) is 7.84.